The van der Waals surface area contributed by atoms with Gasteiger partial charge in [0.15, 0.2) is 5.11 Å². The lowest BCUT2D eigenvalue weighted by Gasteiger charge is -2.06. The molecule has 0 aromatic heterocycles. The molecule has 0 saturated carbocycles. The lowest BCUT2D eigenvalue weighted by Crippen LogP contribution is -2.25. The molecule has 0 amide bonds. The second kappa shape index (κ2) is 7.17. The van der Waals surface area contributed by atoms with Crippen molar-refractivity contribution in [3.05, 3.63) is 0 Å². The summed E-state index contributed by atoms with van der Waals surface area (Å²) in [6.07, 6.45) is 0.141. The van der Waals surface area contributed by atoms with Crippen molar-refractivity contribution in [1.82, 2.24) is 5.43 Å². The van der Waals surface area contributed by atoms with Crippen LogP contribution in [0.1, 0.15) is 27.2 Å². The average molecular weight is 231 g/mol. The van der Waals surface area contributed by atoms with E-state index < -0.39 is 0 Å². The van der Waals surface area contributed by atoms with Crippen LogP contribution in [0.2, 0.25) is 0 Å². The van der Waals surface area contributed by atoms with Crippen LogP contribution in [0.5, 0.6) is 0 Å². The number of carbonyl (C=O) groups is 1. The second-order valence-electron chi connectivity index (χ2n) is 3.58. The number of rotatable bonds is 5. The Morgan fingerprint density at radius 2 is 2.20 bits per heavy atom. The summed E-state index contributed by atoms with van der Waals surface area (Å²) >= 11 is 4.56. The van der Waals surface area contributed by atoms with Crippen LogP contribution >= 0.6 is 12.2 Å². The third kappa shape index (κ3) is 9.14. The van der Waals surface area contributed by atoms with Crippen LogP contribution in [0.4, 0.5) is 0 Å². The average Bonchev–Trinajstić information content (AvgIpc) is 2.11. The van der Waals surface area contributed by atoms with Crippen LogP contribution in [0.3, 0.4) is 0 Å². The molecule has 0 heterocycles. The highest BCUT2D eigenvalue weighted by Gasteiger charge is 2.06. The maximum absolute atomic E-state index is 11.2. The molecule has 0 spiro atoms. The molecule has 6 heteroatoms. The maximum atomic E-state index is 11.2. The number of hydrogen-bond acceptors (Lipinski definition) is 4. The minimum atomic E-state index is -0.297. The Bertz CT molecular complexity index is 264. The summed E-state index contributed by atoms with van der Waals surface area (Å²) in [5, 5.41) is 3.86. The first-order chi connectivity index (χ1) is 6.91. The number of thiocarbonyl (C=S) groups is 1. The molecule has 0 rings (SSSR count). The largest absolute Gasteiger partial charge is 0.465 e. The summed E-state index contributed by atoms with van der Waals surface area (Å²) in [5.41, 5.74) is 8.15. The first-order valence-corrected chi connectivity index (χ1v) is 5.07. The van der Waals surface area contributed by atoms with E-state index in [4.69, 9.17) is 10.5 Å². The molecule has 0 radical (unpaired) electrons. The van der Waals surface area contributed by atoms with Crippen LogP contribution in [-0.2, 0) is 9.53 Å². The standard InChI is InChI=1S/C9H17N3O2S/c1-6(2)5-14-8(13)4-7(3)11-12-9(10)15/h6H,4-5H2,1-3H3,(H3,10,12,15)/b11-7-. The highest BCUT2D eigenvalue weighted by molar-refractivity contribution is 7.80. The summed E-state index contributed by atoms with van der Waals surface area (Å²) in [5.74, 6) is 0.0376. The zero-order chi connectivity index (χ0) is 11.8. The quantitative estimate of drug-likeness (QED) is 0.316. The van der Waals surface area contributed by atoms with Gasteiger partial charge in [-0.2, -0.15) is 5.10 Å². The number of esters is 1. The lowest BCUT2D eigenvalue weighted by molar-refractivity contribution is -0.143. The molecule has 0 unspecified atom stereocenters. The Morgan fingerprint density at radius 3 is 2.67 bits per heavy atom. The smallest absolute Gasteiger partial charge is 0.311 e. The van der Waals surface area contributed by atoms with E-state index in [-0.39, 0.29) is 17.5 Å². The van der Waals surface area contributed by atoms with E-state index in [1.807, 2.05) is 13.8 Å². The molecule has 5 nitrogen and oxygen atoms in total. The SMILES string of the molecule is C/C(CC(=O)OCC(C)C)=N/NC(N)=S. The molecule has 15 heavy (non-hydrogen) atoms. The van der Waals surface area contributed by atoms with E-state index >= 15 is 0 Å². The molecule has 0 saturated heterocycles. The van der Waals surface area contributed by atoms with Crippen molar-refractivity contribution in [2.75, 3.05) is 6.61 Å². The van der Waals surface area contributed by atoms with Crippen LogP contribution in [-0.4, -0.2) is 23.4 Å². The van der Waals surface area contributed by atoms with Gasteiger partial charge in [0.2, 0.25) is 0 Å². The monoisotopic (exact) mass is 231 g/mol. The van der Waals surface area contributed by atoms with Crippen molar-refractivity contribution >= 4 is 29.0 Å². The molecule has 0 atom stereocenters. The van der Waals surface area contributed by atoms with Gasteiger partial charge in [-0.15, -0.1) is 0 Å². The number of hydrogen-bond donors (Lipinski definition) is 2. The number of nitrogens with one attached hydrogen (secondary N) is 1. The van der Waals surface area contributed by atoms with Crippen molar-refractivity contribution in [2.45, 2.75) is 27.2 Å². The predicted octanol–water partition coefficient (Wildman–Crippen LogP) is 0.785. The Balaban J connectivity index is 3.85. The molecule has 0 aliphatic carbocycles. The first kappa shape index (κ1) is 13.8. The Kier molecular flexibility index (Phi) is 6.61. The van der Waals surface area contributed by atoms with Gasteiger partial charge < -0.3 is 10.5 Å². The zero-order valence-electron chi connectivity index (χ0n) is 9.24. The summed E-state index contributed by atoms with van der Waals surface area (Å²) in [6, 6.07) is 0. The number of nitrogens with zero attached hydrogens (tertiary/aromatic N) is 1. The summed E-state index contributed by atoms with van der Waals surface area (Å²) in [7, 11) is 0. The predicted molar refractivity (Wildman–Crippen MR) is 63.4 cm³/mol. The highest BCUT2D eigenvalue weighted by Crippen LogP contribution is 1.96. The van der Waals surface area contributed by atoms with Gasteiger partial charge in [0.1, 0.15) is 0 Å². The second-order valence-corrected chi connectivity index (χ2v) is 4.02. The van der Waals surface area contributed by atoms with Crippen molar-refractivity contribution in [3.8, 4) is 0 Å². The molecular weight excluding hydrogens is 214 g/mol. The van der Waals surface area contributed by atoms with Crippen molar-refractivity contribution in [1.29, 1.82) is 0 Å². The lowest BCUT2D eigenvalue weighted by atomic mass is 10.2. The van der Waals surface area contributed by atoms with E-state index in [1.54, 1.807) is 6.92 Å². The normalized spacial score (nSPS) is 11.3. The van der Waals surface area contributed by atoms with Gasteiger partial charge in [-0.25, -0.2) is 0 Å². The van der Waals surface area contributed by atoms with Crippen LogP contribution in [0, 0.1) is 5.92 Å². The third-order valence-electron chi connectivity index (χ3n) is 1.33. The Labute approximate surface area is 95.0 Å². The van der Waals surface area contributed by atoms with E-state index in [1.165, 1.54) is 0 Å². The van der Waals surface area contributed by atoms with E-state index in [2.05, 4.69) is 22.7 Å². The fourth-order valence-electron chi connectivity index (χ4n) is 0.710. The molecule has 0 aromatic carbocycles. The van der Waals surface area contributed by atoms with Crippen LogP contribution < -0.4 is 11.2 Å². The Morgan fingerprint density at radius 1 is 1.60 bits per heavy atom. The van der Waals surface area contributed by atoms with Gasteiger partial charge >= 0.3 is 5.97 Å². The summed E-state index contributed by atoms with van der Waals surface area (Å²) in [6.45, 7) is 6.07. The molecule has 0 aliphatic rings. The van der Waals surface area contributed by atoms with Crippen molar-refractivity contribution < 1.29 is 9.53 Å². The molecule has 0 fully saturated rings. The van der Waals surface area contributed by atoms with Gasteiger partial charge in [-0.05, 0) is 25.1 Å². The minimum absolute atomic E-state index is 0.0740. The minimum Gasteiger partial charge on any atom is -0.465 e. The fourth-order valence-corrected chi connectivity index (χ4v) is 0.755. The molecule has 0 bridgehead atoms. The van der Waals surface area contributed by atoms with Gasteiger partial charge in [0.05, 0.1) is 13.0 Å². The maximum Gasteiger partial charge on any atom is 0.311 e. The molecule has 0 aliphatic heterocycles. The molecular formula is C9H17N3O2S. The Hall–Kier alpha value is -1.17. The number of hydrazone groups is 1. The number of nitrogens with two attached hydrogens (primary N) is 1. The van der Waals surface area contributed by atoms with Crippen LogP contribution in [0.25, 0.3) is 0 Å². The highest BCUT2D eigenvalue weighted by atomic mass is 32.1. The molecule has 0 aromatic rings. The topological polar surface area (TPSA) is 76.7 Å². The first-order valence-electron chi connectivity index (χ1n) is 4.66. The van der Waals surface area contributed by atoms with E-state index in [9.17, 15) is 4.79 Å². The van der Waals surface area contributed by atoms with E-state index in [0.717, 1.165) is 0 Å². The fraction of sp³-hybridized carbons (Fsp3) is 0.667. The molecule has 3 N–H and O–H groups in total. The third-order valence-corrected chi connectivity index (χ3v) is 1.43. The zero-order valence-corrected chi connectivity index (χ0v) is 10.1. The van der Waals surface area contributed by atoms with Gasteiger partial charge in [-0.3, -0.25) is 10.2 Å². The van der Waals surface area contributed by atoms with Gasteiger partial charge in [-0.1, -0.05) is 13.8 Å². The molecule has 86 valence electrons. The van der Waals surface area contributed by atoms with Crippen LogP contribution in [0.15, 0.2) is 5.10 Å². The number of ether oxygens (including phenoxy) is 1. The summed E-state index contributed by atoms with van der Waals surface area (Å²) in [4.78, 5) is 11.2. The van der Waals surface area contributed by atoms with E-state index in [0.29, 0.717) is 18.2 Å². The van der Waals surface area contributed by atoms with Crippen molar-refractivity contribution in [3.63, 3.8) is 0 Å². The van der Waals surface area contributed by atoms with Gasteiger partial charge in [0.25, 0.3) is 0 Å². The van der Waals surface area contributed by atoms with Gasteiger partial charge in [0, 0.05) is 5.71 Å². The van der Waals surface area contributed by atoms with Crippen molar-refractivity contribution in [2.24, 2.45) is 16.8 Å². The number of carbonyl (C=O) groups excluding carboxylic acids is 1. The summed E-state index contributed by atoms with van der Waals surface area (Å²) < 4.78 is 4.97.